The largest absolute Gasteiger partial charge is 0.478 e. The number of benzene rings is 2. The molecule has 0 amide bonds. The van der Waals surface area contributed by atoms with Gasteiger partial charge >= 0.3 is 5.97 Å². The Morgan fingerprint density at radius 3 is 2.46 bits per heavy atom. The van der Waals surface area contributed by atoms with Crippen molar-refractivity contribution in [3.63, 3.8) is 0 Å². The molecule has 7 nitrogen and oxygen atoms in total. The van der Waals surface area contributed by atoms with Crippen molar-refractivity contribution < 1.29 is 23.1 Å². The van der Waals surface area contributed by atoms with Crippen LogP contribution < -0.4 is 9.62 Å². The van der Waals surface area contributed by atoms with Gasteiger partial charge in [0, 0.05) is 19.6 Å². The van der Waals surface area contributed by atoms with Gasteiger partial charge in [-0.2, -0.15) is 0 Å². The molecule has 1 saturated heterocycles. The second kappa shape index (κ2) is 7.86. The first kappa shape index (κ1) is 18.4. The van der Waals surface area contributed by atoms with Crippen molar-refractivity contribution in [3.05, 3.63) is 59.7 Å². The van der Waals surface area contributed by atoms with Crippen LogP contribution in [0.2, 0.25) is 0 Å². The van der Waals surface area contributed by atoms with Gasteiger partial charge in [0.15, 0.2) is 0 Å². The smallest absolute Gasteiger partial charge is 0.337 e. The van der Waals surface area contributed by atoms with Gasteiger partial charge in [-0.15, -0.1) is 0 Å². The van der Waals surface area contributed by atoms with Crippen LogP contribution in [0.15, 0.2) is 53.4 Å². The number of anilines is 1. The number of rotatable bonds is 6. The van der Waals surface area contributed by atoms with E-state index in [9.17, 15) is 18.3 Å². The molecule has 0 saturated carbocycles. The molecule has 0 aliphatic carbocycles. The van der Waals surface area contributed by atoms with Crippen LogP contribution in [0.4, 0.5) is 5.69 Å². The molecular weight excluding hydrogens is 356 g/mol. The summed E-state index contributed by atoms with van der Waals surface area (Å²) in [5.41, 5.74) is 1.29. The van der Waals surface area contributed by atoms with Gasteiger partial charge in [0.1, 0.15) is 0 Å². The highest BCUT2D eigenvalue weighted by Crippen LogP contribution is 2.25. The maximum atomic E-state index is 12.5. The van der Waals surface area contributed by atoms with Crippen LogP contribution in [0.5, 0.6) is 0 Å². The number of nitrogens with one attached hydrogen (secondary N) is 1. The second-order valence-corrected chi connectivity index (χ2v) is 7.66. The van der Waals surface area contributed by atoms with Gasteiger partial charge < -0.3 is 14.7 Å². The van der Waals surface area contributed by atoms with E-state index in [1.165, 1.54) is 12.1 Å². The van der Waals surface area contributed by atoms with Gasteiger partial charge in [0.2, 0.25) is 10.0 Å². The Balaban J connectivity index is 1.85. The summed E-state index contributed by atoms with van der Waals surface area (Å²) in [4.78, 5) is 13.5. The Labute approximate surface area is 152 Å². The highest BCUT2D eigenvalue weighted by Gasteiger charge is 2.22. The third-order valence-electron chi connectivity index (χ3n) is 4.17. The van der Waals surface area contributed by atoms with E-state index in [0.717, 1.165) is 5.56 Å². The number of sulfonamides is 1. The first-order valence-corrected chi connectivity index (χ1v) is 9.69. The number of carboxylic acid groups (broad SMARTS) is 1. The van der Waals surface area contributed by atoms with Gasteiger partial charge in [0.25, 0.3) is 0 Å². The molecule has 1 heterocycles. The van der Waals surface area contributed by atoms with Crippen LogP contribution >= 0.6 is 0 Å². The molecule has 0 spiro atoms. The van der Waals surface area contributed by atoms with Crippen LogP contribution in [0.1, 0.15) is 15.9 Å². The highest BCUT2D eigenvalue weighted by molar-refractivity contribution is 7.89. The first-order valence-electron chi connectivity index (χ1n) is 8.21. The van der Waals surface area contributed by atoms with Crippen molar-refractivity contribution in [2.45, 2.75) is 11.4 Å². The Morgan fingerprint density at radius 1 is 1.12 bits per heavy atom. The summed E-state index contributed by atoms with van der Waals surface area (Å²) in [5, 5.41) is 9.52. The summed E-state index contributed by atoms with van der Waals surface area (Å²) in [7, 11) is -3.82. The monoisotopic (exact) mass is 376 g/mol. The fourth-order valence-electron chi connectivity index (χ4n) is 2.79. The van der Waals surface area contributed by atoms with E-state index < -0.39 is 16.0 Å². The molecule has 0 aromatic heterocycles. The minimum Gasteiger partial charge on any atom is -0.478 e. The topological polar surface area (TPSA) is 95.9 Å². The molecule has 1 aliphatic rings. The van der Waals surface area contributed by atoms with E-state index in [2.05, 4.69) is 4.72 Å². The lowest BCUT2D eigenvalue weighted by atomic mass is 10.1. The van der Waals surface area contributed by atoms with Gasteiger partial charge in [-0.1, -0.05) is 30.3 Å². The summed E-state index contributed by atoms with van der Waals surface area (Å²) in [5.74, 6) is -1.16. The van der Waals surface area contributed by atoms with Gasteiger partial charge in [0.05, 0.1) is 29.4 Å². The molecule has 26 heavy (non-hydrogen) atoms. The lowest BCUT2D eigenvalue weighted by molar-refractivity contribution is 0.0696. The number of morpholine rings is 1. The van der Waals surface area contributed by atoms with Crippen molar-refractivity contribution in [3.8, 4) is 0 Å². The standard InChI is InChI=1S/C18H20N2O5S/c21-18(22)16-12-15(6-7-17(16)20-8-10-25-11-9-20)26(23,24)19-13-14-4-2-1-3-5-14/h1-7,12,19H,8-11,13H2,(H,21,22). The Kier molecular flexibility index (Phi) is 5.55. The molecule has 1 fully saturated rings. The van der Waals surface area contributed by atoms with Gasteiger partial charge in [-0.05, 0) is 23.8 Å². The Bertz CT molecular complexity index is 878. The summed E-state index contributed by atoms with van der Waals surface area (Å²) in [6.45, 7) is 2.30. The lowest BCUT2D eigenvalue weighted by Gasteiger charge is -2.30. The predicted molar refractivity (Wildman–Crippen MR) is 96.9 cm³/mol. The number of hydrogen-bond acceptors (Lipinski definition) is 5. The first-order chi connectivity index (χ1) is 12.5. The molecular formula is C18H20N2O5S. The molecule has 2 aromatic rings. The number of ether oxygens (including phenoxy) is 1. The molecule has 3 rings (SSSR count). The van der Waals surface area contributed by atoms with E-state index in [-0.39, 0.29) is 17.0 Å². The zero-order valence-electron chi connectivity index (χ0n) is 14.1. The number of aromatic carboxylic acids is 1. The van der Waals surface area contributed by atoms with E-state index >= 15 is 0 Å². The summed E-state index contributed by atoms with van der Waals surface area (Å²) in [6, 6.07) is 13.3. The highest BCUT2D eigenvalue weighted by atomic mass is 32.2. The number of nitrogens with zero attached hydrogens (tertiary/aromatic N) is 1. The van der Waals surface area contributed by atoms with E-state index in [1.807, 2.05) is 35.2 Å². The van der Waals surface area contributed by atoms with Crippen LogP contribution in [0, 0.1) is 0 Å². The van der Waals surface area contributed by atoms with Crippen molar-refractivity contribution in [1.82, 2.24) is 4.72 Å². The van der Waals surface area contributed by atoms with Crippen molar-refractivity contribution in [2.24, 2.45) is 0 Å². The fourth-order valence-corrected chi connectivity index (χ4v) is 3.83. The van der Waals surface area contributed by atoms with E-state index in [4.69, 9.17) is 4.74 Å². The maximum absolute atomic E-state index is 12.5. The molecule has 0 unspecified atom stereocenters. The van der Waals surface area contributed by atoms with Crippen LogP contribution in [-0.2, 0) is 21.3 Å². The molecule has 2 aromatic carbocycles. The predicted octanol–water partition coefficient (Wildman–Crippen LogP) is 1.70. The molecule has 1 aliphatic heterocycles. The molecule has 138 valence electrons. The SMILES string of the molecule is O=C(O)c1cc(S(=O)(=O)NCc2ccccc2)ccc1N1CCOCC1. The van der Waals surface area contributed by atoms with Crippen LogP contribution in [0.3, 0.4) is 0 Å². The maximum Gasteiger partial charge on any atom is 0.337 e. The summed E-state index contributed by atoms with van der Waals surface area (Å²) >= 11 is 0. The third-order valence-corrected chi connectivity index (χ3v) is 5.57. The summed E-state index contributed by atoms with van der Waals surface area (Å²) < 4.78 is 32.8. The quantitative estimate of drug-likeness (QED) is 0.797. The molecule has 0 radical (unpaired) electrons. The number of hydrogen-bond donors (Lipinski definition) is 2. The molecule has 2 N–H and O–H groups in total. The van der Waals surface area contributed by atoms with Crippen molar-refractivity contribution >= 4 is 21.7 Å². The fraction of sp³-hybridized carbons (Fsp3) is 0.278. The van der Waals surface area contributed by atoms with E-state index in [1.54, 1.807) is 6.07 Å². The minimum atomic E-state index is -3.82. The lowest BCUT2D eigenvalue weighted by Crippen LogP contribution is -2.37. The van der Waals surface area contributed by atoms with Crippen molar-refractivity contribution in [2.75, 3.05) is 31.2 Å². The van der Waals surface area contributed by atoms with Crippen molar-refractivity contribution in [1.29, 1.82) is 0 Å². The molecule has 0 atom stereocenters. The molecule has 0 bridgehead atoms. The van der Waals surface area contributed by atoms with Crippen LogP contribution in [0.25, 0.3) is 0 Å². The number of carbonyl (C=O) groups is 1. The van der Waals surface area contributed by atoms with E-state index in [0.29, 0.717) is 32.0 Å². The van der Waals surface area contributed by atoms with Gasteiger partial charge in [-0.3, -0.25) is 0 Å². The summed E-state index contributed by atoms with van der Waals surface area (Å²) in [6.07, 6.45) is 0. The zero-order valence-corrected chi connectivity index (χ0v) is 14.9. The zero-order chi connectivity index (χ0) is 18.6. The Hall–Kier alpha value is -2.42. The average molecular weight is 376 g/mol. The average Bonchev–Trinajstić information content (AvgIpc) is 2.67. The Morgan fingerprint density at radius 2 is 1.81 bits per heavy atom. The number of carboxylic acids is 1. The normalized spacial score (nSPS) is 15.0. The van der Waals surface area contributed by atoms with Gasteiger partial charge in [-0.25, -0.2) is 17.9 Å². The molecule has 8 heteroatoms. The van der Waals surface area contributed by atoms with Crippen LogP contribution in [-0.4, -0.2) is 45.8 Å². The third kappa shape index (κ3) is 4.21. The second-order valence-electron chi connectivity index (χ2n) is 5.89. The minimum absolute atomic E-state index is 0.0329.